The Labute approximate surface area is 247 Å². The summed E-state index contributed by atoms with van der Waals surface area (Å²) in [5.41, 5.74) is 0.196. The van der Waals surface area contributed by atoms with Crippen LogP contribution in [0.15, 0.2) is 0 Å². The molecule has 4 saturated carbocycles. The smallest absolute Gasteiger partial charge is 0.409 e. The van der Waals surface area contributed by atoms with Gasteiger partial charge in [0.25, 0.3) is 0 Å². The van der Waals surface area contributed by atoms with Gasteiger partial charge >= 0.3 is 6.09 Å². The summed E-state index contributed by atoms with van der Waals surface area (Å²) in [5, 5.41) is 32.2. The van der Waals surface area contributed by atoms with Crippen LogP contribution < -0.4 is 0 Å². The Hall–Kier alpha value is -0.560. The number of rotatable bonds is 7. The summed E-state index contributed by atoms with van der Waals surface area (Å²) < 4.78 is 5.76. The second-order valence-electron chi connectivity index (χ2n) is 15.3. The molecule has 1 saturated heterocycles. The number of carbonyl (C=O) groups excluding carboxylic acids is 1. The molecule has 0 aromatic carbocycles. The van der Waals surface area contributed by atoms with Crippen molar-refractivity contribution in [2.75, 3.05) is 32.2 Å². The molecule has 6 nitrogen and oxygen atoms in total. The molecule has 7 heteroatoms. The number of aliphatic hydroxyl groups is 3. The molecule has 0 radical (unpaired) electrons. The molecule has 1 amide bonds. The lowest BCUT2D eigenvalue weighted by molar-refractivity contribution is -0.203. The number of likely N-dealkylation sites (tertiary alicyclic amines) is 1. The zero-order valence-electron chi connectivity index (χ0n) is 25.5. The number of halogens is 1. The summed E-state index contributed by atoms with van der Waals surface area (Å²) in [6, 6.07) is 0. The Balaban J connectivity index is 1.20. The van der Waals surface area contributed by atoms with Crippen LogP contribution in [0, 0.1) is 57.7 Å². The van der Waals surface area contributed by atoms with Crippen LogP contribution in [0.5, 0.6) is 0 Å². The summed E-state index contributed by atoms with van der Waals surface area (Å²) in [5.74, 6) is 3.69. The number of aliphatic hydroxyl groups excluding tert-OH is 3. The molecule has 5 fully saturated rings. The summed E-state index contributed by atoms with van der Waals surface area (Å²) in [6.45, 7) is 11.3. The highest BCUT2D eigenvalue weighted by atomic mass is 35.5. The summed E-state index contributed by atoms with van der Waals surface area (Å²) in [6.07, 6.45) is 10.3. The monoisotopic (exact) mass is 581 g/mol. The molecule has 0 unspecified atom stereocenters. The first-order chi connectivity index (χ1) is 19.0. The van der Waals surface area contributed by atoms with Crippen LogP contribution in [-0.2, 0) is 4.74 Å². The zero-order chi connectivity index (χ0) is 28.9. The largest absolute Gasteiger partial charge is 0.449 e. The van der Waals surface area contributed by atoms with E-state index in [1.807, 2.05) is 0 Å². The van der Waals surface area contributed by atoms with Gasteiger partial charge in [0.2, 0.25) is 0 Å². The van der Waals surface area contributed by atoms with Crippen molar-refractivity contribution in [2.24, 2.45) is 57.7 Å². The molecule has 0 aromatic heterocycles. The Morgan fingerprint density at radius 2 is 1.68 bits per heavy atom. The maximum atomic E-state index is 12.8. The second-order valence-corrected chi connectivity index (χ2v) is 15.5. The minimum atomic E-state index is -0.264. The summed E-state index contributed by atoms with van der Waals surface area (Å²) >= 11 is 6.09. The number of carbonyl (C=O) groups is 1. The Kier molecular flexibility index (Phi) is 9.15. The van der Waals surface area contributed by atoms with Gasteiger partial charge in [-0.15, -0.1) is 11.6 Å². The molecular formula is C33H56ClNO5. The average Bonchev–Trinajstić information content (AvgIpc) is 3.31. The van der Waals surface area contributed by atoms with Crippen LogP contribution in [0.1, 0.15) is 98.3 Å². The number of alkyl halides is 1. The predicted molar refractivity (Wildman–Crippen MR) is 158 cm³/mol. The van der Waals surface area contributed by atoms with Gasteiger partial charge in [0.05, 0.1) is 18.8 Å². The maximum Gasteiger partial charge on any atom is 0.409 e. The van der Waals surface area contributed by atoms with Gasteiger partial charge in [-0.25, -0.2) is 4.79 Å². The molecule has 3 N–H and O–H groups in total. The van der Waals surface area contributed by atoms with Crippen LogP contribution >= 0.6 is 11.6 Å². The fourth-order valence-electron chi connectivity index (χ4n) is 11.1. The number of hydrogen-bond acceptors (Lipinski definition) is 5. The van der Waals surface area contributed by atoms with Gasteiger partial charge in [0.15, 0.2) is 0 Å². The second kappa shape index (κ2) is 11.8. The fraction of sp³-hybridized carbons (Fsp3) is 0.970. The number of ether oxygens (including phenoxy) is 1. The van der Waals surface area contributed by atoms with E-state index in [1.165, 1.54) is 25.7 Å². The van der Waals surface area contributed by atoms with E-state index in [1.54, 1.807) is 4.90 Å². The van der Waals surface area contributed by atoms with Crippen molar-refractivity contribution < 1.29 is 24.9 Å². The first kappa shape index (κ1) is 30.9. The highest BCUT2D eigenvalue weighted by Gasteiger charge is 2.64. The van der Waals surface area contributed by atoms with Crippen molar-refractivity contribution >= 4 is 17.7 Å². The lowest BCUT2D eigenvalue weighted by Crippen LogP contribution is -2.62. The minimum Gasteiger partial charge on any atom is -0.449 e. The van der Waals surface area contributed by atoms with E-state index < -0.39 is 0 Å². The highest BCUT2D eigenvalue weighted by Crippen LogP contribution is 2.69. The molecule has 5 rings (SSSR count). The molecule has 40 heavy (non-hydrogen) atoms. The van der Waals surface area contributed by atoms with Crippen molar-refractivity contribution in [3.05, 3.63) is 0 Å². The lowest BCUT2D eigenvalue weighted by Gasteiger charge is -2.64. The first-order valence-corrected chi connectivity index (χ1v) is 17.0. The quantitative estimate of drug-likeness (QED) is 0.317. The summed E-state index contributed by atoms with van der Waals surface area (Å²) in [4.78, 5) is 14.5. The van der Waals surface area contributed by atoms with E-state index in [2.05, 4.69) is 27.7 Å². The van der Waals surface area contributed by atoms with Crippen LogP contribution in [0.4, 0.5) is 4.79 Å². The van der Waals surface area contributed by atoms with Crippen LogP contribution in [0.3, 0.4) is 0 Å². The molecule has 1 aliphatic heterocycles. The van der Waals surface area contributed by atoms with E-state index in [4.69, 9.17) is 16.3 Å². The van der Waals surface area contributed by atoms with Gasteiger partial charge in [-0.2, -0.15) is 0 Å². The van der Waals surface area contributed by atoms with E-state index in [9.17, 15) is 20.1 Å². The predicted octanol–water partition coefficient (Wildman–Crippen LogP) is 6.09. The highest BCUT2D eigenvalue weighted by molar-refractivity contribution is 6.18. The molecule has 11 atom stereocenters. The Bertz CT molecular complexity index is 888. The van der Waals surface area contributed by atoms with E-state index in [0.717, 1.165) is 32.1 Å². The van der Waals surface area contributed by atoms with E-state index >= 15 is 0 Å². The normalized spacial score (nSPS) is 45.2. The molecule has 230 valence electrons. The lowest BCUT2D eigenvalue weighted by atomic mass is 9.41. The van der Waals surface area contributed by atoms with Gasteiger partial charge in [-0.1, -0.05) is 34.1 Å². The zero-order valence-corrected chi connectivity index (χ0v) is 26.2. The van der Waals surface area contributed by atoms with Gasteiger partial charge < -0.3 is 25.0 Å². The number of nitrogens with zero attached hydrogens (tertiary/aromatic N) is 1. The molecule has 1 heterocycles. The van der Waals surface area contributed by atoms with Crippen LogP contribution in [0.2, 0.25) is 0 Å². The van der Waals surface area contributed by atoms with Crippen molar-refractivity contribution in [2.45, 2.75) is 111 Å². The first-order valence-electron chi connectivity index (χ1n) is 16.5. The Morgan fingerprint density at radius 3 is 2.33 bits per heavy atom. The Morgan fingerprint density at radius 1 is 1.00 bits per heavy atom. The van der Waals surface area contributed by atoms with E-state index in [-0.39, 0.29) is 41.2 Å². The topological polar surface area (TPSA) is 90.2 Å². The molecule has 4 aliphatic carbocycles. The average molecular weight is 582 g/mol. The third kappa shape index (κ3) is 5.13. The van der Waals surface area contributed by atoms with E-state index in [0.29, 0.717) is 79.8 Å². The molecule has 0 aromatic rings. The van der Waals surface area contributed by atoms with Gasteiger partial charge in [0.1, 0.15) is 0 Å². The molecule has 0 bridgehead atoms. The standard InChI is InChI=1S/C33H56ClNO5/c1-5-23-27-18-22(37)8-11-32(27,4)26-9-12-31(3)24(6-7-25(31)28(26)29(23)38)21(2)10-17-40-30(39)35-15-13-33(19-34,20-36)14-16-35/h21-29,36-38H,5-20H2,1-4H3/t21-,22-,23-,24-,25+,26+,27+,28+,29-,31-,32-/m1/s1. The molecular weight excluding hydrogens is 526 g/mol. The van der Waals surface area contributed by atoms with Gasteiger partial charge in [0, 0.05) is 31.0 Å². The van der Waals surface area contributed by atoms with Crippen molar-refractivity contribution in [3.8, 4) is 0 Å². The van der Waals surface area contributed by atoms with Crippen LogP contribution in [-0.4, -0.2) is 70.7 Å². The molecule has 0 spiro atoms. The number of amides is 1. The van der Waals surface area contributed by atoms with Crippen LogP contribution in [0.25, 0.3) is 0 Å². The maximum absolute atomic E-state index is 12.8. The van der Waals surface area contributed by atoms with Crippen molar-refractivity contribution in [1.82, 2.24) is 4.90 Å². The number of hydrogen-bond donors (Lipinski definition) is 3. The molecule has 5 aliphatic rings. The third-order valence-corrected chi connectivity index (χ3v) is 14.2. The third-order valence-electron chi connectivity index (χ3n) is 13.7. The van der Waals surface area contributed by atoms with Gasteiger partial charge in [-0.3, -0.25) is 0 Å². The van der Waals surface area contributed by atoms with Crippen molar-refractivity contribution in [3.63, 3.8) is 0 Å². The number of fused-ring (bicyclic) bond motifs is 5. The van der Waals surface area contributed by atoms with Crippen molar-refractivity contribution in [1.29, 1.82) is 0 Å². The minimum absolute atomic E-state index is 0.0682. The SMILES string of the molecule is CC[C@H]1[C@@H](O)[C@@H]2[C@H](CC[C@]3(C)[C@@H]([C@H](C)CCOC(=O)N4CCC(CO)(CCl)CC4)CC[C@@H]23)[C@@]2(C)CC[C@@H](O)C[C@@H]12. The number of piperidine rings is 1. The van der Waals surface area contributed by atoms with Gasteiger partial charge in [-0.05, 0) is 116 Å². The fourth-order valence-corrected chi connectivity index (χ4v) is 11.4. The summed E-state index contributed by atoms with van der Waals surface area (Å²) in [7, 11) is 0.